The van der Waals surface area contributed by atoms with Gasteiger partial charge in [0.05, 0.1) is 0 Å². The molecule has 0 saturated carbocycles. The van der Waals surface area contributed by atoms with E-state index in [-0.39, 0.29) is 36.3 Å². The van der Waals surface area contributed by atoms with E-state index in [2.05, 4.69) is 0 Å². The number of carbonyl (C=O) groups is 1. The molecule has 0 radical (unpaired) electrons. The van der Waals surface area contributed by atoms with Crippen LogP contribution in [-0.2, 0) is 0 Å². The Morgan fingerprint density at radius 1 is 1.00 bits per heavy atom. The van der Waals surface area contributed by atoms with Crippen molar-refractivity contribution in [2.24, 2.45) is 0 Å². The van der Waals surface area contributed by atoms with Gasteiger partial charge in [0.25, 0.3) is 0 Å². The van der Waals surface area contributed by atoms with Gasteiger partial charge in [-0.3, -0.25) is 0 Å². The Bertz CT molecular complexity index is 133. The third-order valence-corrected chi connectivity index (χ3v) is 2.44. The Kier molecular flexibility index (Phi) is 7.30. The van der Waals surface area contributed by atoms with Gasteiger partial charge in [0.1, 0.15) is 0 Å². The van der Waals surface area contributed by atoms with Crippen LogP contribution in [0.25, 0.3) is 0 Å². The molecule has 4 heteroatoms. The number of hydrogen-bond donors (Lipinski definition) is 0. The first-order valence-corrected chi connectivity index (χ1v) is 4.51. The van der Waals surface area contributed by atoms with E-state index in [9.17, 15) is 9.90 Å². The first-order valence-electron chi connectivity index (χ1n) is 4.51. The van der Waals surface area contributed by atoms with Crippen molar-refractivity contribution < 1.29 is 39.5 Å². The molecule has 0 aromatic rings. The SMILES string of the molecule is O=C([O-])B1CCCCCCC1.[Na+]. The molecule has 0 unspecified atom stereocenters. The quantitative estimate of drug-likeness (QED) is 0.450. The number of hydrogen-bond acceptors (Lipinski definition) is 2. The number of rotatable bonds is 1. The summed E-state index contributed by atoms with van der Waals surface area (Å²) >= 11 is 0. The molecule has 0 atom stereocenters. The van der Waals surface area contributed by atoms with E-state index >= 15 is 0 Å². The molecule has 0 aromatic heterocycles. The van der Waals surface area contributed by atoms with E-state index < -0.39 is 5.87 Å². The average Bonchev–Trinajstić information content (AvgIpc) is 1.84. The van der Waals surface area contributed by atoms with Gasteiger partial charge in [-0.2, -0.15) is 0 Å². The van der Waals surface area contributed by atoms with Crippen molar-refractivity contribution in [3.63, 3.8) is 0 Å². The van der Waals surface area contributed by atoms with Crippen LogP contribution in [0.4, 0.5) is 4.79 Å². The van der Waals surface area contributed by atoms with Gasteiger partial charge in [-0.15, -0.1) is 0 Å². The van der Waals surface area contributed by atoms with Crippen LogP contribution in [-0.4, -0.2) is 12.6 Å². The summed E-state index contributed by atoms with van der Waals surface area (Å²) in [6, 6.07) is 0. The minimum absolute atomic E-state index is 0. The standard InChI is InChI=1S/C8H15BO2.Na/c10-8(11)9-6-4-2-1-3-5-7-9;/h1-7H2,(H,10,11);/q;+1/p-1. The van der Waals surface area contributed by atoms with Crippen molar-refractivity contribution in [3.05, 3.63) is 0 Å². The normalized spacial score (nSPS) is 18.8. The largest absolute Gasteiger partial charge is 1.00 e. The van der Waals surface area contributed by atoms with Crippen molar-refractivity contribution >= 4 is 12.6 Å². The summed E-state index contributed by atoms with van der Waals surface area (Å²) in [7, 11) is 0. The van der Waals surface area contributed by atoms with Gasteiger partial charge in [-0.05, 0) is 0 Å². The van der Waals surface area contributed by atoms with Crippen LogP contribution >= 0.6 is 0 Å². The third-order valence-electron chi connectivity index (χ3n) is 2.44. The Morgan fingerprint density at radius 2 is 1.42 bits per heavy atom. The van der Waals surface area contributed by atoms with Crippen molar-refractivity contribution in [3.8, 4) is 0 Å². The molecule has 2 nitrogen and oxygen atoms in total. The van der Waals surface area contributed by atoms with E-state index in [0.29, 0.717) is 0 Å². The monoisotopic (exact) mass is 176 g/mol. The molecule has 0 spiro atoms. The minimum Gasteiger partial charge on any atom is -0.561 e. The van der Waals surface area contributed by atoms with Crippen LogP contribution < -0.4 is 34.7 Å². The van der Waals surface area contributed by atoms with Crippen LogP contribution in [0.15, 0.2) is 0 Å². The molecule has 1 aliphatic heterocycles. The van der Waals surface area contributed by atoms with Gasteiger partial charge < -0.3 is 9.90 Å². The minimum atomic E-state index is -0.841. The first-order chi connectivity index (χ1) is 5.30. The Morgan fingerprint density at radius 3 is 1.83 bits per heavy atom. The van der Waals surface area contributed by atoms with Crippen molar-refractivity contribution in [1.29, 1.82) is 0 Å². The Hall–Kier alpha value is 0.535. The molecule has 1 fully saturated rings. The maximum Gasteiger partial charge on any atom is 1.00 e. The molecule has 0 aromatic carbocycles. The molecule has 1 aliphatic rings. The zero-order chi connectivity index (χ0) is 8.10. The van der Waals surface area contributed by atoms with Crippen molar-refractivity contribution in [1.82, 2.24) is 0 Å². The Balaban J connectivity index is 0.00000121. The fraction of sp³-hybridized carbons (Fsp3) is 0.875. The van der Waals surface area contributed by atoms with E-state index in [1.807, 2.05) is 0 Å². The molecule has 1 rings (SSSR count). The predicted octanol–water partition coefficient (Wildman–Crippen LogP) is -1.63. The van der Waals surface area contributed by atoms with Crippen LogP contribution in [0, 0.1) is 0 Å². The Labute approximate surface area is 96.5 Å². The van der Waals surface area contributed by atoms with Crippen molar-refractivity contribution in [2.75, 3.05) is 0 Å². The summed E-state index contributed by atoms with van der Waals surface area (Å²) in [5.74, 6) is -0.841. The molecule has 62 valence electrons. The first kappa shape index (κ1) is 12.5. The topological polar surface area (TPSA) is 40.1 Å². The van der Waals surface area contributed by atoms with Crippen LogP contribution in [0.5, 0.6) is 0 Å². The number of carboxylic acid groups (broad SMARTS) is 1. The zero-order valence-corrected chi connectivity index (χ0v) is 9.84. The summed E-state index contributed by atoms with van der Waals surface area (Å²) < 4.78 is 0. The second-order valence-corrected chi connectivity index (χ2v) is 3.36. The van der Waals surface area contributed by atoms with Crippen LogP contribution in [0.2, 0.25) is 12.6 Å². The number of carbonyl (C=O) groups excluding carboxylic acids is 1. The molecule has 0 bridgehead atoms. The molecular weight excluding hydrogens is 162 g/mol. The molecule has 12 heavy (non-hydrogen) atoms. The summed E-state index contributed by atoms with van der Waals surface area (Å²) in [6.45, 7) is -0.157. The van der Waals surface area contributed by atoms with Crippen LogP contribution in [0.3, 0.4) is 0 Å². The molecular formula is C8H14BNaO2. The summed E-state index contributed by atoms with van der Waals surface area (Å²) in [4.78, 5) is 10.5. The van der Waals surface area contributed by atoms with Crippen LogP contribution in [0.1, 0.15) is 32.1 Å². The fourth-order valence-corrected chi connectivity index (χ4v) is 1.69. The van der Waals surface area contributed by atoms with Gasteiger partial charge >= 0.3 is 29.6 Å². The molecule has 1 heterocycles. The van der Waals surface area contributed by atoms with Gasteiger partial charge in [0.15, 0.2) is 6.71 Å². The van der Waals surface area contributed by atoms with Gasteiger partial charge in [0.2, 0.25) is 0 Å². The smallest absolute Gasteiger partial charge is 0.561 e. The van der Waals surface area contributed by atoms with E-state index in [1.165, 1.54) is 19.3 Å². The molecule has 1 saturated heterocycles. The summed E-state index contributed by atoms with van der Waals surface area (Å²) in [5, 5.41) is 10.5. The van der Waals surface area contributed by atoms with E-state index in [1.54, 1.807) is 0 Å². The summed E-state index contributed by atoms with van der Waals surface area (Å²) in [6.07, 6.45) is 7.48. The fourth-order valence-electron chi connectivity index (χ4n) is 1.69. The predicted molar refractivity (Wildman–Crippen MR) is 43.8 cm³/mol. The molecule has 0 aliphatic carbocycles. The van der Waals surface area contributed by atoms with E-state index in [0.717, 1.165) is 25.5 Å². The van der Waals surface area contributed by atoms with Crippen molar-refractivity contribution in [2.45, 2.75) is 44.7 Å². The molecule has 0 amide bonds. The maximum absolute atomic E-state index is 10.5. The second-order valence-electron chi connectivity index (χ2n) is 3.36. The zero-order valence-electron chi connectivity index (χ0n) is 7.84. The van der Waals surface area contributed by atoms with E-state index in [4.69, 9.17) is 0 Å². The average molecular weight is 176 g/mol. The molecule has 0 N–H and O–H groups in total. The third kappa shape index (κ3) is 4.53. The van der Waals surface area contributed by atoms with Gasteiger partial charge in [-0.25, -0.2) is 0 Å². The van der Waals surface area contributed by atoms with Gasteiger partial charge in [0, 0.05) is 5.87 Å². The second kappa shape index (κ2) is 6.99. The van der Waals surface area contributed by atoms with Gasteiger partial charge in [-0.1, -0.05) is 44.7 Å². The summed E-state index contributed by atoms with van der Waals surface area (Å²) in [5.41, 5.74) is 0. The maximum atomic E-state index is 10.5.